The van der Waals surface area contributed by atoms with Crippen LogP contribution in [0.4, 0.5) is 11.5 Å². The van der Waals surface area contributed by atoms with Crippen molar-refractivity contribution in [3.63, 3.8) is 0 Å². The molecule has 8 heteroatoms. The molecule has 0 unspecified atom stereocenters. The summed E-state index contributed by atoms with van der Waals surface area (Å²) in [5.41, 5.74) is 3.59. The predicted molar refractivity (Wildman–Crippen MR) is 138 cm³/mol. The van der Waals surface area contributed by atoms with E-state index in [0.717, 1.165) is 33.1 Å². The lowest BCUT2D eigenvalue weighted by Gasteiger charge is -2.13. The Kier molecular flexibility index (Phi) is 6.01. The van der Waals surface area contributed by atoms with E-state index in [1.165, 1.54) is 0 Å². The number of aryl methyl sites for hydroxylation is 1. The molecule has 176 valence electrons. The number of aromatic nitrogens is 4. The van der Waals surface area contributed by atoms with E-state index in [1.807, 2.05) is 92.4 Å². The number of nitrogens with zero attached hydrogens (tertiary/aromatic N) is 4. The summed E-state index contributed by atoms with van der Waals surface area (Å²) in [7, 11) is 1.92. The van der Waals surface area contributed by atoms with E-state index in [-0.39, 0.29) is 18.6 Å². The van der Waals surface area contributed by atoms with Crippen LogP contribution in [0.3, 0.4) is 0 Å². The molecule has 0 saturated heterocycles. The molecule has 0 radical (unpaired) electrons. The number of carbonyl (C=O) groups is 1. The molecule has 0 aliphatic rings. The van der Waals surface area contributed by atoms with E-state index in [4.69, 9.17) is 14.7 Å². The monoisotopic (exact) mass is 466 g/mol. The fraction of sp³-hybridized carbons (Fsp3) is 0.185. The Morgan fingerprint density at radius 3 is 2.74 bits per heavy atom. The normalized spacial score (nSPS) is 11.2. The Morgan fingerprint density at radius 2 is 1.89 bits per heavy atom. The van der Waals surface area contributed by atoms with Gasteiger partial charge in [-0.2, -0.15) is 5.10 Å². The van der Waals surface area contributed by atoms with Crippen LogP contribution < -0.4 is 15.4 Å². The molecule has 5 rings (SSSR count). The molecule has 0 fully saturated rings. The van der Waals surface area contributed by atoms with Gasteiger partial charge in [-0.1, -0.05) is 24.3 Å². The molecular formula is C27H26N6O2. The lowest BCUT2D eigenvalue weighted by Crippen LogP contribution is -2.34. The molecule has 5 aromatic rings. The summed E-state index contributed by atoms with van der Waals surface area (Å²) >= 11 is 0. The van der Waals surface area contributed by atoms with Crippen LogP contribution in [0.15, 0.2) is 72.9 Å². The molecule has 0 spiro atoms. The Bertz CT molecular complexity index is 1530. The number of carbonyl (C=O) groups excluding carboxylic acids is 1. The highest BCUT2D eigenvalue weighted by atomic mass is 16.5. The highest BCUT2D eigenvalue weighted by Gasteiger charge is 2.12. The van der Waals surface area contributed by atoms with Gasteiger partial charge in [-0.25, -0.2) is 9.97 Å². The zero-order valence-electron chi connectivity index (χ0n) is 19.8. The van der Waals surface area contributed by atoms with Gasteiger partial charge >= 0.3 is 0 Å². The number of hydrogen-bond acceptors (Lipinski definition) is 6. The molecule has 3 aromatic carbocycles. The number of anilines is 2. The molecule has 0 atom stereocenters. The molecule has 0 saturated carbocycles. The van der Waals surface area contributed by atoms with Crippen molar-refractivity contribution in [2.24, 2.45) is 7.05 Å². The Balaban J connectivity index is 1.47. The van der Waals surface area contributed by atoms with Gasteiger partial charge in [0.15, 0.2) is 12.4 Å². The van der Waals surface area contributed by atoms with Crippen LogP contribution in [0.1, 0.15) is 13.8 Å². The van der Waals surface area contributed by atoms with Crippen molar-refractivity contribution in [1.82, 2.24) is 25.1 Å². The maximum atomic E-state index is 12.0. The minimum atomic E-state index is -0.163. The van der Waals surface area contributed by atoms with Crippen molar-refractivity contribution in [1.29, 1.82) is 0 Å². The number of nitrogens with one attached hydrogen (secondary N) is 2. The molecule has 2 aromatic heterocycles. The number of hydrogen-bond donors (Lipinski definition) is 2. The van der Waals surface area contributed by atoms with E-state index in [1.54, 1.807) is 0 Å². The Labute approximate surface area is 203 Å². The summed E-state index contributed by atoms with van der Waals surface area (Å²) in [4.78, 5) is 21.6. The number of ether oxygens (including phenoxy) is 1. The first kappa shape index (κ1) is 22.3. The fourth-order valence-corrected chi connectivity index (χ4v) is 3.92. The first-order valence-electron chi connectivity index (χ1n) is 11.4. The van der Waals surface area contributed by atoms with Gasteiger partial charge in [0.2, 0.25) is 0 Å². The van der Waals surface area contributed by atoms with Crippen molar-refractivity contribution >= 4 is 39.2 Å². The number of fused-ring (bicyclic) bond motifs is 2. The number of benzene rings is 3. The largest absolute Gasteiger partial charge is 0.484 e. The average molecular weight is 467 g/mol. The van der Waals surface area contributed by atoms with Gasteiger partial charge in [0.1, 0.15) is 11.6 Å². The third-order valence-electron chi connectivity index (χ3n) is 5.52. The van der Waals surface area contributed by atoms with Crippen molar-refractivity contribution in [2.75, 3.05) is 11.9 Å². The average Bonchev–Trinajstić information content (AvgIpc) is 3.22. The van der Waals surface area contributed by atoms with Gasteiger partial charge in [0.25, 0.3) is 5.91 Å². The highest BCUT2D eigenvalue weighted by Crippen LogP contribution is 2.29. The highest BCUT2D eigenvalue weighted by molar-refractivity contribution is 5.93. The van der Waals surface area contributed by atoms with Crippen molar-refractivity contribution in [3.05, 3.63) is 72.9 Å². The van der Waals surface area contributed by atoms with Crippen LogP contribution >= 0.6 is 0 Å². The van der Waals surface area contributed by atoms with E-state index >= 15 is 0 Å². The minimum absolute atomic E-state index is 0.0517. The molecule has 0 bridgehead atoms. The van der Waals surface area contributed by atoms with Gasteiger partial charge in [-0.3, -0.25) is 9.48 Å². The number of amides is 1. The first-order valence-corrected chi connectivity index (χ1v) is 11.4. The second kappa shape index (κ2) is 9.42. The van der Waals surface area contributed by atoms with Gasteiger partial charge < -0.3 is 15.4 Å². The van der Waals surface area contributed by atoms with Gasteiger partial charge in [-0.15, -0.1) is 0 Å². The van der Waals surface area contributed by atoms with Crippen molar-refractivity contribution in [2.45, 2.75) is 19.9 Å². The van der Waals surface area contributed by atoms with Crippen molar-refractivity contribution in [3.8, 4) is 17.1 Å². The zero-order chi connectivity index (χ0) is 24.4. The van der Waals surface area contributed by atoms with E-state index in [2.05, 4.69) is 21.8 Å². The summed E-state index contributed by atoms with van der Waals surface area (Å²) in [5, 5.41) is 12.6. The molecule has 0 aliphatic heterocycles. The second-order valence-electron chi connectivity index (χ2n) is 8.62. The van der Waals surface area contributed by atoms with Crippen LogP contribution in [-0.4, -0.2) is 38.3 Å². The minimum Gasteiger partial charge on any atom is -0.484 e. The quantitative estimate of drug-likeness (QED) is 0.357. The lowest BCUT2D eigenvalue weighted by atomic mass is 10.1. The molecule has 35 heavy (non-hydrogen) atoms. The molecule has 8 nitrogen and oxygen atoms in total. The molecule has 2 heterocycles. The Hall–Kier alpha value is -4.46. The van der Waals surface area contributed by atoms with Crippen molar-refractivity contribution < 1.29 is 9.53 Å². The third kappa shape index (κ3) is 4.91. The number of rotatable bonds is 7. The maximum absolute atomic E-state index is 12.0. The van der Waals surface area contributed by atoms with Gasteiger partial charge in [0, 0.05) is 35.1 Å². The van der Waals surface area contributed by atoms with Crippen LogP contribution in [-0.2, 0) is 11.8 Å². The molecular weight excluding hydrogens is 440 g/mol. The predicted octanol–water partition coefficient (Wildman–Crippen LogP) is 4.83. The van der Waals surface area contributed by atoms with Gasteiger partial charge in [0.05, 0.1) is 17.2 Å². The van der Waals surface area contributed by atoms with Crippen LogP contribution in [0.5, 0.6) is 5.75 Å². The summed E-state index contributed by atoms with van der Waals surface area (Å²) in [6.07, 6.45) is 1.84. The zero-order valence-corrected chi connectivity index (χ0v) is 19.8. The van der Waals surface area contributed by atoms with Crippen LogP contribution in [0, 0.1) is 0 Å². The first-order chi connectivity index (χ1) is 17.0. The summed E-state index contributed by atoms with van der Waals surface area (Å²) in [6.45, 7) is 3.77. The summed E-state index contributed by atoms with van der Waals surface area (Å²) in [5.74, 6) is 1.68. The van der Waals surface area contributed by atoms with E-state index < -0.39 is 0 Å². The van der Waals surface area contributed by atoms with E-state index in [9.17, 15) is 4.79 Å². The summed E-state index contributed by atoms with van der Waals surface area (Å²) < 4.78 is 7.54. The van der Waals surface area contributed by atoms with Crippen LogP contribution in [0.25, 0.3) is 33.2 Å². The molecule has 1 amide bonds. The topological polar surface area (TPSA) is 94.0 Å². The maximum Gasteiger partial charge on any atom is 0.258 e. The SMILES string of the molecule is CC(C)NC(=O)COc1cccc(-c2nc(Nc3ccc4c(cnn4C)c3)c3ccccc3n2)c1. The Morgan fingerprint density at radius 1 is 1.03 bits per heavy atom. The van der Waals surface area contributed by atoms with Gasteiger partial charge in [-0.05, 0) is 56.3 Å². The number of para-hydroxylation sites is 1. The fourth-order valence-electron chi connectivity index (χ4n) is 3.92. The molecule has 0 aliphatic carbocycles. The van der Waals surface area contributed by atoms with E-state index in [0.29, 0.717) is 17.4 Å². The second-order valence-corrected chi connectivity index (χ2v) is 8.62. The smallest absolute Gasteiger partial charge is 0.258 e. The lowest BCUT2D eigenvalue weighted by molar-refractivity contribution is -0.123. The third-order valence-corrected chi connectivity index (χ3v) is 5.52. The summed E-state index contributed by atoms with van der Waals surface area (Å²) in [6, 6.07) is 21.5. The van der Waals surface area contributed by atoms with Crippen LogP contribution in [0.2, 0.25) is 0 Å². The molecule has 2 N–H and O–H groups in total. The standard InChI is InChI=1S/C27H26N6O2/c1-17(2)29-25(34)16-35-21-8-6-7-18(14-21)26-31-23-10-5-4-9-22(23)27(32-26)30-20-11-12-24-19(13-20)15-28-33(24)3/h4-15,17H,16H2,1-3H3,(H,29,34)(H,30,31,32).